The van der Waals surface area contributed by atoms with Gasteiger partial charge in [-0.15, -0.1) is 0 Å². The van der Waals surface area contributed by atoms with Gasteiger partial charge in [-0.3, -0.25) is 9.59 Å². The summed E-state index contributed by atoms with van der Waals surface area (Å²) in [6, 6.07) is 7.49. The first-order chi connectivity index (χ1) is 16.3. The second kappa shape index (κ2) is 6.86. The first-order valence-electron chi connectivity index (χ1n) is 10.6. The van der Waals surface area contributed by atoms with Gasteiger partial charge in [0.15, 0.2) is 11.5 Å². The molecule has 4 aromatic rings. The van der Waals surface area contributed by atoms with Crippen molar-refractivity contribution in [2.24, 2.45) is 5.92 Å². The van der Waals surface area contributed by atoms with E-state index < -0.39 is 23.0 Å². The first kappa shape index (κ1) is 20.3. The minimum Gasteiger partial charge on any atom is -0.310 e. The number of anilines is 2. The van der Waals surface area contributed by atoms with Crippen LogP contribution >= 0.6 is 0 Å². The van der Waals surface area contributed by atoms with Gasteiger partial charge < -0.3 is 10.6 Å². The number of benzene rings is 1. The minimum atomic E-state index is -1.11. The van der Waals surface area contributed by atoms with Crippen molar-refractivity contribution in [1.29, 1.82) is 0 Å². The predicted molar refractivity (Wildman–Crippen MR) is 118 cm³/mol. The van der Waals surface area contributed by atoms with Crippen LogP contribution in [0.15, 0.2) is 36.5 Å². The van der Waals surface area contributed by atoms with E-state index in [2.05, 4.69) is 30.7 Å². The van der Waals surface area contributed by atoms with Crippen LogP contribution in [0.4, 0.5) is 20.4 Å². The SMILES string of the molecule is CC1C(=O)Nc2nc(-c3nn(Cc4ccccc4F)c4ncc(F)cc34)nc3c2C1(C)C(=O)N3. The predicted octanol–water partition coefficient (Wildman–Crippen LogP) is 3.01. The molecule has 2 amide bonds. The second-order valence-electron chi connectivity index (χ2n) is 8.61. The summed E-state index contributed by atoms with van der Waals surface area (Å²) in [6.45, 7) is 3.40. The Kier molecular flexibility index (Phi) is 4.10. The molecule has 2 unspecified atom stereocenters. The number of halogens is 2. The maximum absolute atomic E-state index is 14.3. The number of hydrogen-bond donors (Lipinski definition) is 2. The summed E-state index contributed by atoms with van der Waals surface area (Å²) in [5.41, 5.74) is 0.273. The van der Waals surface area contributed by atoms with Crippen LogP contribution < -0.4 is 10.6 Å². The number of hydrogen-bond acceptors (Lipinski definition) is 6. The summed E-state index contributed by atoms with van der Waals surface area (Å²) in [6.07, 6.45) is 1.05. The standard InChI is InChI=1S/C23H17F2N7O2/c1-10-21(33)29-17-15-18(30-22(34)23(10,15)2)28-19(27-17)16-13-7-12(24)8-26-20(13)32(31-16)9-11-5-3-4-6-14(11)25/h3-8,10H,9H2,1-2H3,(H2,27,28,29,30,33,34). The van der Waals surface area contributed by atoms with Gasteiger partial charge in [-0.1, -0.05) is 25.1 Å². The van der Waals surface area contributed by atoms with Crippen LogP contribution in [0.5, 0.6) is 0 Å². The normalized spacial score (nSPS) is 20.9. The molecule has 3 aromatic heterocycles. The van der Waals surface area contributed by atoms with E-state index in [9.17, 15) is 18.4 Å². The van der Waals surface area contributed by atoms with E-state index in [-0.39, 0.29) is 41.5 Å². The van der Waals surface area contributed by atoms with Crippen molar-refractivity contribution in [1.82, 2.24) is 24.7 Å². The van der Waals surface area contributed by atoms with E-state index >= 15 is 0 Å². The summed E-state index contributed by atoms with van der Waals surface area (Å²) in [5.74, 6) is -1.78. The first-order valence-corrected chi connectivity index (χ1v) is 10.6. The van der Waals surface area contributed by atoms with Crippen molar-refractivity contribution >= 4 is 34.5 Å². The van der Waals surface area contributed by atoms with Crippen molar-refractivity contribution < 1.29 is 18.4 Å². The largest absolute Gasteiger partial charge is 0.310 e. The average molecular weight is 461 g/mol. The molecule has 6 rings (SSSR count). The zero-order chi connectivity index (χ0) is 23.8. The number of pyridine rings is 1. The van der Waals surface area contributed by atoms with Crippen molar-refractivity contribution in [3.8, 4) is 11.5 Å². The van der Waals surface area contributed by atoms with Gasteiger partial charge in [-0.05, 0) is 19.1 Å². The Labute approximate surface area is 191 Å². The van der Waals surface area contributed by atoms with Gasteiger partial charge in [-0.2, -0.15) is 5.10 Å². The van der Waals surface area contributed by atoms with Gasteiger partial charge >= 0.3 is 0 Å². The van der Waals surface area contributed by atoms with E-state index in [1.165, 1.54) is 16.8 Å². The lowest BCUT2D eigenvalue weighted by Gasteiger charge is -2.33. The second-order valence-corrected chi connectivity index (χ2v) is 8.61. The fourth-order valence-corrected chi connectivity index (χ4v) is 4.59. The number of rotatable bonds is 3. The Balaban J connectivity index is 1.55. The van der Waals surface area contributed by atoms with Crippen LogP contribution in [-0.2, 0) is 21.5 Å². The lowest BCUT2D eigenvalue weighted by Crippen LogP contribution is -2.47. The molecular formula is C23H17F2N7O2. The highest BCUT2D eigenvalue weighted by Gasteiger charge is 2.55. The minimum absolute atomic E-state index is 0.0443. The smallest absolute Gasteiger partial charge is 0.237 e. The van der Waals surface area contributed by atoms with Crippen molar-refractivity contribution in [2.75, 3.05) is 10.6 Å². The molecule has 0 saturated carbocycles. The number of amides is 2. The maximum atomic E-state index is 14.3. The molecule has 2 atom stereocenters. The highest BCUT2D eigenvalue weighted by atomic mass is 19.1. The Morgan fingerprint density at radius 3 is 2.62 bits per heavy atom. The Bertz CT molecular complexity index is 1550. The lowest BCUT2D eigenvalue weighted by molar-refractivity contribution is -0.129. The Morgan fingerprint density at radius 1 is 1.12 bits per heavy atom. The Hall–Kier alpha value is -4.28. The van der Waals surface area contributed by atoms with Crippen LogP contribution in [-0.4, -0.2) is 36.5 Å². The Morgan fingerprint density at radius 2 is 1.85 bits per heavy atom. The quantitative estimate of drug-likeness (QED) is 0.485. The molecule has 2 N–H and O–H groups in total. The van der Waals surface area contributed by atoms with Crippen LogP contribution in [0, 0.1) is 17.6 Å². The molecule has 0 saturated heterocycles. The van der Waals surface area contributed by atoms with E-state index in [1.54, 1.807) is 32.0 Å². The fourth-order valence-electron chi connectivity index (χ4n) is 4.59. The summed E-state index contributed by atoms with van der Waals surface area (Å²) in [4.78, 5) is 38.5. The topological polar surface area (TPSA) is 115 Å². The molecule has 0 bridgehead atoms. The third kappa shape index (κ3) is 2.69. The average Bonchev–Trinajstić information content (AvgIpc) is 3.28. The molecule has 0 spiro atoms. The third-order valence-corrected chi connectivity index (χ3v) is 6.68. The van der Waals surface area contributed by atoms with Crippen LogP contribution in [0.25, 0.3) is 22.6 Å². The fraction of sp³-hybridized carbons (Fsp3) is 0.217. The van der Waals surface area contributed by atoms with Crippen LogP contribution in [0.2, 0.25) is 0 Å². The summed E-state index contributed by atoms with van der Waals surface area (Å²) < 4.78 is 29.9. The van der Waals surface area contributed by atoms with Gasteiger partial charge in [0, 0.05) is 5.56 Å². The van der Waals surface area contributed by atoms with Gasteiger partial charge in [0.2, 0.25) is 11.8 Å². The monoisotopic (exact) mass is 461 g/mol. The van der Waals surface area contributed by atoms with Gasteiger partial charge in [0.05, 0.1) is 35.0 Å². The number of aromatic nitrogens is 5. The molecule has 5 heterocycles. The molecule has 0 fully saturated rings. The van der Waals surface area contributed by atoms with E-state index in [1.807, 2.05) is 0 Å². The number of nitrogens with zero attached hydrogens (tertiary/aromatic N) is 5. The molecular weight excluding hydrogens is 444 g/mol. The number of nitrogens with one attached hydrogen (secondary N) is 2. The molecule has 0 radical (unpaired) electrons. The third-order valence-electron chi connectivity index (χ3n) is 6.68. The summed E-state index contributed by atoms with van der Waals surface area (Å²) in [7, 11) is 0. The van der Waals surface area contributed by atoms with Crippen molar-refractivity contribution in [2.45, 2.75) is 25.8 Å². The lowest BCUT2D eigenvalue weighted by atomic mass is 9.71. The zero-order valence-corrected chi connectivity index (χ0v) is 18.1. The molecule has 1 aromatic carbocycles. The van der Waals surface area contributed by atoms with E-state index in [4.69, 9.17) is 0 Å². The zero-order valence-electron chi connectivity index (χ0n) is 18.1. The molecule has 2 aliphatic rings. The van der Waals surface area contributed by atoms with Crippen LogP contribution in [0.1, 0.15) is 25.0 Å². The number of fused-ring (bicyclic) bond motifs is 1. The van der Waals surface area contributed by atoms with Crippen LogP contribution in [0.3, 0.4) is 0 Å². The van der Waals surface area contributed by atoms with Crippen molar-refractivity contribution in [3.63, 3.8) is 0 Å². The molecule has 0 aliphatic carbocycles. The highest BCUT2D eigenvalue weighted by molar-refractivity contribution is 6.14. The number of carbonyl (C=O) groups is 2. The van der Waals surface area contributed by atoms with Gasteiger partial charge in [0.1, 0.15) is 29.0 Å². The number of carbonyl (C=O) groups excluding carboxylic acids is 2. The molecule has 170 valence electrons. The molecule has 11 heteroatoms. The highest BCUT2D eigenvalue weighted by Crippen LogP contribution is 2.49. The molecule has 34 heavy (non-hydrogen) atoms. The molecule has 2 aliphatic heterocycles. The summed E-state index contributed by atoms with van der Waals surface area (Å²) >= 11 is 0. The van der Waals surface area contributed by atoms with Gasteiger partial charge in [-0.25, -0.2) is 28.4 Å². The summed E-state index contributed by atoms with van der Waals surface area (Å²) in [5, 5.41) is 10.3. The maximum Gasteiger partial charge on any atom is 0.237 e. The van der Waals surface area contributed by atoms with E-state index in [0.717, 1.165) is 6.20 Å². The van der Waals surface area contributed by atoms with Crippen molar-refractivity contribution in [3.05, 3.63) is 59.3 Å². The van der Waals surface area contributed by atoms with Gasteiger partial charge in [0.25, 0.3) is 0 Å². The van der Waals surface area contributed by atoms with E-state index in [0.29, 0.717) is 22.2 Å². The molecule has 9 nitrogen and oxygen atoms in total.